The number of aromatic nitrogens is 1. The monoisotopic (exact) mass is 444 g/mol. The number of nitrogens with one attached hydrogen (secondary N) is 1. The lowest BCUT2D eigenvalue weighted by molar-refractivity contribution is -0.274. The predicted molar refractivity (Wildman–Crippen MR) is 112 cm³/mol. The summed E-state index contributed by atoms with van der Waals surface area (Å²) in [6.07, 6.45) is -3.19. The number of rotatable bonds is 5. The smallest absolute Gasteiger partial charge is 0.406 e. The van der Waals surface area contributed by atoms with Crippen LogP contribution in [0.1, 0.15) is 12.5 Å². The van der Waals surface area contributed by atoms with Crippen LogP contribution >= 0.6 is 0 Å². The number of hydrogen-bond acceptors (Lipinski definition) is 5. The van der Waals surface area contributed by atoms with Gasteiger partial charge < -0.3 is 15.0 Å². The molecule has 2 heterocycles. The van der Waals surface area contributed by atoms with Crippen LogP contribution in [0.15, 0.2) is 54.7 Å². The lowest BCUT2D eigenvalue weighted by Crippen LogP contribution is -2.33. The molecule has 166 valence electrons. The van der Waals surface area contributed by atoms with Gasteiger partial charge in [0, 0.05) is 30.9 Å². The van der Waals surface area contributed by atoms with Gasteiger partial charge in [0.25, 0.3) is 5.91 Å². The summed E-state index contributed by atoms with van der Waals surface area (Å²) in [5.41, 5.74) is 2.56. The van der Waals surface area contributed by atoms with Crippen LogP contribution in [0.2, 0.25) is 0 Å². The van der Waals surface area contributed by atoms with E-state index in [0.29, 0.717) is 0 Å². The molecule has 1 aliphatic rings. The quantitative estimate of drug-likeness (QED) is 0.586. The second-order valence-corrected chi connectivity index (χ2v) is 7.22. The van der Waals surface area contributed by atoms with Gasteiger partial charge in [-0.25, -0.2) is 9.69 Å². The molecular weight excluding hydrogens is 425 g/mol. The number of anilines is 2. The highest BCUT2D eigenvalue weighted by atomic mass is 19.4. The minimum absolute atomic E-state index is 0.162. The largest absolute Gasteiger partial charge is 0.573 e. The van der Waals surface area contributed by atoms with Crippen molar-refractivity contribution in [2.24, 2.45) is 0 Å². The molecule has 0 aliphatic carbocycles. The number of pyridine rings is 1. The Kier molecular flexibility index (Phi) is 5.37. The van der Waals surface area contributed by atoms with E-state index in [0.717, 1.165) is 39.2 Å². The number of halogens is 3. The Bertz CT molecular complexity index is 1180. The van der Waals surface area contributed by atoms with Gasteiger partial charge in [-0.3, -0.25) is 9.78 Å². The summed E-state index contributed by atoms with van der Waals surface area (Å²) >= 11 is 0. The summed E-state index contributed by atoms with van der Waals surface area (Å²) in [4.78, 5) is 32.7. The Hall–Kier alpha value is -3.82. The average molecular weight is 444 g/mol. The number of amides is 3. The van der Waals surface area contributed by atoms with Gasteiger partial charge in [0.15, 0.2) is 0 Å². The van der Waals surface area contributed by atoms with Crippen LogP contribution in [0.3, 0.4) is 0 Å². The molecule has 0 bridgehead atoms. The molecule has 1 fully saturated rings. The number of fused-ring (bicyclic) bond motifs is 1. The van der Waals surface area contributed by atoms with Crippen molar-refractivity contribution < 1.29 is 27.5 Å². The highest BCUT2D eigenvalue weighted by Gasteiger charge is 2.43. The SMILES string of the molecule is CNc1cccc2nccc(CN3C(=O)N(c4ccc(OC(F)(F)F)cc4)C(=O)C3C)c12. The maximum Gasteiger partial charge on any atom is 0.573 e. The van der Waals surface area contributed by atoms with Gasteiger partial charge >= 0.3 is 12.4 Å². The number of imide groups is 1. The first kappa shape index (κ1) is 21.4. The average Bonchev–Trinajstić information content (AvgIpc) is 2.96. The van der Waals surface area contributed by atoms with Crippen LogP contribution in [-0.2, 0) is 11.3 Å². The Morgan fingerprint density at radius 2 is 1.81 bits per heavy atom. The first-order valence-corrected chi connectivity index (χ1v) is 9.74. The third-order valence-electron chi connectivity index (χ3n) is 5.27. The fourth-order valence-electron chi connectivity index (χ4n) is 3.75. The number of carbonyl (C=O) groups is 2. The third kappa shape index (κ3) is 3.91. The highest BCUT2D eigenvalue weighted by Crippen LogP contribution is 2.32. The zero-order chi connectivity index (χ0) is 23.0. The van der Waals surface area contributed by atoms with E-state index in [1.54, 1.807) is 26.2 Å². The number of benzene rings is 2. The zero-order valence-corrected chi connectivity index (χ0v) is 17.2. The van der Waals surface area contributed by atoms with Gasteiger partial charge in [0.2, 0.25) is 0 Å². The summed E-state index contributed by atoms with van der Waals surface area (Å²) in [6.45, 7) is 1.78. The van der Waals surface area contributed by atoms with Crippen molar-refractivity contribution in [2.75, 3.05) is 17.3 Å². The second kappa shape index (κ2) is 8.03. The van der Waals surface area contributed by atoms with E-state index in [9.17, 15) is 22.8 Å². The molecule has 1 unspecified atom stereocenters. The van der Waals surface area contributed by atoms with Gasteiger partial charge in [-0.05, 0) is 55.0 Å². The molecule has 10 heteroatoms. The minimum Gasteiger partial charge on any atom is -0.406 e. The number of carbonyl (C=O) groups excluding carboxylic acids is 2. The molecule has 2 aromatic carbocycles. The molecule has 1 atom stereocenters. The molecular formula is C22H19F3N4O3. The second-order valence-electron chi connectivity index (χ2n) is 7.22. The molecule has 3 amide bonds. The van der Waals surface area contributed by atoms with E-state index in [1.165, 1.54) is 17.0 Å². The standard InChI is InChI=1S/C22H19F3N4O3/c1-13-20(30)29(15-6-8-16(9-7-15)32-22(23,24)25)21(31)28(13)12-14-10-11-27-18-5-3-4-17(26-2)19(14)18/h3-11,13,26H,12H2,1-2H3. The molecule has 1 aliphatic heterocycles. The maximum atomic E-state index is 13.1. The Morgan fingerprint density at radius 3 is 2.47 bits per heavy atom. The Labute approximate surface area is 181 Å². The number of urea groups is 1. The fraction of sp³-hybridized carbons (Fsp3) is 0.227. The van der Waals surface area contributed by atoms with Gasteiger partial charge in [0.1, 0.15) is 11.8 Å². The van der Waals surface area contributed by atoms with Gasteiger partial charge in [-0.15, -0.1) is 13.2 Å². The molecule has 0 spiro atoms. The van der Waals surface area contributed by atoms with Crippen molar-refractivity contribution in [3.8, 4) is 5.75 Å². The lowest BCUT2D eigenvalue weighted by atomic mass is 10.1. The highest BCUT2D eigenvalue weighted by molar-refractivity contribution is 6.21. The van der Waals surface area contributed by atoms with Crippen LogP contribution in [0.25, 0.3) is 10.9 Å². The summed E-state index contributed by atoms with van der Waals surface area (Å²) in [6, 6.07) is 10.7. The fourth-order valence-corrected chi connectivity index (χ4v) is 3.75. The normalized spacial score (nSPS) is 16.7. The van der Waals surface area contributed by atoms with Crippen molar-refractivity contribution in [3.05, 3.63) is 60.3 Å². The summed E-state index contributed by atoms with van der Waals surface area (Å²) in [5, 5.41) is 3.95. The zero-order valence-electron chi connectivity index (χ0n) is 17.2. The van der Waals surface area contributed by atoms with Gasteiger partial charge in [-0.1, -0.05) is 6.07 Å². The summed E-state index contributed by atoms with van der Waals surface area (Å²) in [7, 11) is 1.78. The van der Waals surface area contributed by atoms with Gasteiger partial charge in [-0.2, -0.15) is 0 Å². The van der Waals surface area contributed by atoms with E-state index in [2.05, 4.69) is 15.0 Å². The van der Waals surface area contributed by atoms with Crippen molar-refractivity contribution in [2.45, 2.75) is 25.9 Å². The number of ether oxygens (including phenoxy) is 1. The number of nitrogens with zero attached hydrogens (tertiary/aromatic N) is 3. The van der Waals surface area contributed by atoms with Crippen LogP contribution in [-0.4, -0.2) is 41.3 Å². The molecule has 4 rings (SSSR count). The first-order chi connectivity index (χ1) is 15.2. The first-order valence-electron chi connectivity index (χ1n) is 9.74. The molecule has 3 aromatic rings. The van der Waals surface area contributed by atoms with E-state index in [-0.39, 0.29) is 12.2 Å². The number of hydrogen-bond donors (Lipinski definition) is 1. The van der Waals surface area contributed by atoms with Crippen molar-refractivity contribution >= 4 is 34.2 Å². The predicted octanol–water partition coefficient (Wildman–Crippen LogP) is 4.53. The molecule has 1 aromatic heterocycles. The summed E-state index contributed by atoms with van der Waals surface area (Å²) < 4.78 is 41.0. The molecule has 1 N–H and O–H groups in total. The molecule has 7 nitrogen and oxygen atoms in total. The van der Waals surface area contributed by atoms with Crippen molar-refractivity contribution in [1.29, 1.82) is 0 Å². The van der Waals surface area contributed by atoms with Crippen LogP contribution in [0.4, 0.5) is 29.3 Å². The lowest BCUT2D eigenvalue weighted by Gasteiger charge is -2.21. The Morgan fingerprint density at radius 1 is 1.09 bits per heavy atom. The molecule has 1 saturated heterocycles. The van der Waals surface area contributed by atoms with Crippen LogP contribution in [0.5, 0.6) is 5.75 Å². The third-order valence-corrected chi connectivity index (χ3v) is 5.27. The van der Waals surface area contributed by atoms with Crippen LogP contribution in [0, 0.1) is 0 Å². The molecule has 0 saturated carbocycles. The minimum atomic E-state index is -4.83. The van der Waals surface area contributed by atoms with Crippen LogP contribution < -0.4 is 15.0 Å². The van der Waals surface area contributed by atoms with E-state index in [1.807, 2.05) is 18.2 Å². The van der Waals surface area contributed by atoms with E-state index < -0.39 is 30.1 Å². The topological polar surface area (TPSA) is 74.8 Å². The Balaban J connectivity index is 1.62. The molecule has 32 heavy (non-hydrogen) atoms. The summed E-state index contributed by atoms with van der Waals surface area (Å²) in [5.74, 6) is -0.903. The van der Waals surface area contributed by atoms with Crippen molar-refractivity contribution in [1.82, 2.24) is 9.88 Å². The molecule has 0 radical (unpaired) electrons. The number of alkyl halides is 3. The van der Waals surface area contributed by atoms with Gasteiger partial charge in [0.05, 0.1) is 11.2 Å². The van der Waals surface area contributed by atoms with E-state index in [4.69, 9.17) is 0 Å². The van der Waals surface area contributed by atoms with E-state index >= 15 is 0 Å². The van der Waals surface area contributed by atoms with Crippen molar-refractivity contribution in [3.63, 3.8) is 0 Å². The maximum absolute atomic E-state index is 13.1.